The summed E-state index contributed by atoms with van der Waals surface area (Å²) in [6, 6.07) is 7.69. The molecule has 2 saturated carbocycles. The summed E-state index contributed by atoms with van der Waals surface area (Å²) in [4.78, 5) is 0. The molecule has 4 fully saturated rings. The number of hydrogen-bond acceptors (Lipinski definition) is 4. The number of benzene rings is 2. The summed E-state index contributed by atoms with van der Waals surface area (Å²) in [5, 5.41) is 0. The lowest BCUT2D eigenvalue weighted by molar-refractivity contribution is -0.215. The smallest absolute Gasteiger partial charge is 0.183 e. The molecule has 8 heteroatoms. The third kappa shape index (κ3) is 14.4. The van der Waals surface area contributed by atoms with E-state index in [1.807, 2.05) is 0 Å². The minimum atomic E-state index is -0.852. The number of unbranched alkanes of at least 4 members (excludes halogenated alkanes) is 9. The normalized spacial score (nSPS) is 28.7. The van der Waals surface area contributed by atoms with Crippen molar-refractivity contribution < 1.29 is 36.5 Å². The summed E-state index contributed by atoms with van der Waals surface area (Å²) in [6.07, 6.45) is 27.2. The molecule has 0 amide bonds. The van der Waals surface area contributed by atoms with Gasteiger partial charge in [-0.1, -0.05) is 135 Å². The second kappa shape index (κ2) is 24.0. The van der Waals surface area contributed by atoms with Crippen LogP contribution in [-0.4, -0.2) is 26.4 Å². The number of rotatable bonds is 17. The molecule has 55 heavy (non-hydrogen) atoms. The molecular formula is C47H70F4O4. The van der Waals surface area contributed by atoms with Crippen molar-refractivity contribution in [3.63, 3.8) is 0 Å². The van der Waals surface area contributed by atoms with Crippen LogP contribution in [0.4, 0.5) is 17.6 Å². The molecule has 6 rings (SSSR count). The van der Waals surface area contributed by atoms with Crippen molar-refractivity contribution in [1.82, 2.24) is 0 Å². The minimum Gasteiger partial charge on any atom is -0.348 e. The first kappa shape index (κ1) is 44.1. The van der Waals surface area contributed by atoms with Crippen molar-refractivity contribution in [1.29, 1.82) is 0 Å². The lowest BCUT2D eigenvalue weighted by atomic mass is 9.74. The molecule has 2 heterocycles. The van der Waals surface area contributed by atoms with E-state index in [9.17, 15) is 17.6 Å². The van der Waals surface area contributed by atoms with Gasteiger partial charge in [0.1, 0.15) is 0 Å². The molecule has 0 radical (unpaired) electrons. The zero-order valence-corrected chi connectivity index (χ0v) is 33.9. The number of ether oxygens (including phenoxy) is 4. The van der Waals surface area contributed by atoms with E-state index in [2.05, 4.69) is 13.8 Å². The van der Waals surface area contributed by atoms with Gasteiger partial charge in [-0.3, -0.25) is 0 Å². The molecule has 0 aromatic heterocycles. The Hall–Kier alpha value is -2.00. The molecule has 2 aromatic rings. The number of hydrogen-bond donors (Lipinski definition) is 0. The second-order valence-electron chi connectivity index (χ2n) is 17.2. The van der Waals surface area contributed by atoms with E-state index in [-0.39, 0.29) is 0 Å². The van der Waals surface area contributed by atoms with Crippen LogP contribution < -0.4 is 0 Å². The second-order valence-corrected chi connectivity index (χ2v) is 17.2. The number of halogens is 4. The van der Waals surface area contributed by atoms with Crippen LogP contribution in [0.15, 0.2) is 36.4 Å². The maximum absolute atomic E-state index is 13.4. The van der Waals surface area contributed by atoms with Gasteiger partial charge in [0, 0.05) is 23.0 Å². The van der Waals surface area contributed by atoms with E-state index >= 15 is 0 Å². The third-order valence-corrected chi connectivity index (χ3v) is 13.1. The van der Waals surface area contributed by atoms with Crippen molar-refractivity contribution in [2.24, 2.45) is 35.5 Å². The van der Waals surface area contributed by atoms with Crippen molar-refractivity contribution in [2.75, 3.05) is 26.4 Å². The van der Waals surface area contributed by atoms with E-state index in [4.69, 9.17) is 18.9 Å². The molecule has 4 nitrogen and oxygen atoms in total. The largest absolute Gasteiger partial charge is 0.348 e. The van der Waals surface area contributed by atoms with Gasteiger partial charge in [-0.05, 0) is 73.6 Å². The van der Waals surface area contributed by atoms with Crippen LogP contribution in [0, 0.1) is 58.8 Å². The van der Waals surface area contributed by atoms with E-state index in [0.29, 0.717) is 61.2 Å². The van der Waals surface area contributed by atoms with Gasteiger partial charge in [-0.2, -0.15) is 0 Å². The first-order chi connectivity index (χ1) is 26.8. The molecule has 0 unspecified atom stereocenters. The molecule has 0 bridgehead atoms. The predicted molar refractivity (Wildman–Crippen MR) is 211 cm³/mol. The van der Waals surface area contributed by atoms with Crippen LogP contribution in [0.3, 0.4) is 0 Å². The van der Waals surface area contributed by atoms with E-state index in [1.54, 1.807) is 0 Å². The zero-order valence-electron chi connectivity index (χ0n) is 33.9. The fourth-order valence-corrected chi connectivity index (χ4v) is 9.43. The lowest BCUT2D eigenvalue weighted by Gasteiger charge is -2.38. The highest BCUT2D eigenvalue weighted by atomic mass is 19.2. The predicted octanol–water partition coefficient (Wildman–Crippen LogP) is 14.0. The summed E-state index contributed by atoms with van der Waals surface area (Å²) < 4.78 is 76.4. The Kier molecular flexibility index (Phi) is 19.3. The SMILES string of the molecule is CCCCCCCC1CCC(C2COC(c3ccc(F)c(F)c3)OC2)CC1.CCCCCCCCC1CCC(C2COC(c3ccc(F)c(F)c3)OC2)CC1. The molecule has 0 spiro atoms. The van der Waals surface area contributed by atoms with Gasteiger partial charge in [-0.15, -0.1) is 0 Å². The Morgan fingerprint density at radius 1 is 0.418 bits per heavy atom. The first-order valence-electron chi connectivity index (χ1n) is 22.2. The summed E-state index contributed by atoms with van der Waals surface area (Å²) in [7, 11) is 0. The Labute approximate surface area is 329 Å². The van der Waals surface area contributed by atoms with Gasteiger partial charge in [0.2, 0.25) is 0 Å². The van der Waals surface area contributed by atoms with Crippen LogP contribution in [0.5, 0.6) is 0 Å². The van der Waals surface area contributed by atoms with Crippen molar-refractivity contribution in [2.45, 2.75) is 161 Å². The van der Waals surface area contributed by atoms with E-state index in [0.717, 1.165) is 24.0 Å². The van der Waals surface area contributed by atoms with Gasteiger partial charge in [0.25, 0.3) is 0 Å². The third-order valence-electron chi connectivity index (χ3n) is 13.1. The summed E-state index contributed by atoms with van der Waals surface area (Å²) >= 11 is 0. The molecule has 2 aromatic carbocycles. The quantitative estimate of drug-likeness (QED) is 0.118. The van der Waals surface area contributed by atoms with Gasteiger partial charge in [0.15, 0.2) is 35.8 Å². The van der Waals surface area contributed by atoms with Gasteiger partial charge < -0.3 is 18.9 Å². The highest BCUT2D eigenvalue weighted by Crippen LogP contribution is 2.40. The zero-order chi connectivity index (χ0) is 38.8. The topological polar surface area (TPSA) is 36.9 Å². The summed E-state index contributed by atoms with van der Waals surface area (Å²) in [5.41, 5.74) is 1.11. The lowest BCUT2D eigenvalue weighted by Crippen LogP contribution is -2.34. The maximum Gasteiger partial charge on any atom is 0.183 e. The Bertz CT molecular complexity index is 1340. The Balaban J connectivity index is 0.000000211. The molecule has 2 aliphatic carbocycles. The summed E-state index contributed by atoms with van der Waals surface area (Å²) in [6.45, 7) is 7.13. The fraction of sp³-hybridized carbons (Fsp3) is 0.745. The van der Waals surface area contributed by atoms with Gasteiger partial charge in [-0.25, -0.2) is 17.6 Å². The highest BCUT2D eigenvalue weighted by molar-refractivity contribution is 5.20. The van der Waals surface area contributed by atoms with E-state index < -0.39 is 35.8 Å². The van der Waals surface area contributed by atoms with Crippen molar-refractivity contribution in [3.05, 3.63) is 70.8 Å². The van der Waals surface area contributed by atoms with Crippen LogP contribution >= 0.6 is 0 Å². The Morgan fingerprint density at radius 2 is 0.764 bits per heavy atom. The van der Waals surface area contributed by atoms with Gasteiger partial charge in [0.05, 0.1) is 26.4 Å². The monoisotopic (exact) mass is 775 g/mol. The molecule has 310 valence electrons. The summed E-state index contributed by atoms with van der Waals surface area (Å²) in [5.74, 6) is 0.633. The molecule has 2 aliphatic heterocycles. The average Bonchev–Trinajstić information content (AvgIpc) is 3.22. The molecule has 4 aliphatic rings. The van der Waals surface area contributed by atoms with Crippen molar-refractivity contribution >= 4 is 0 Å². The minimum absolute atomic E-state index is 0.427. The van der Waals surface area contributed by atoms with Crippen LogP contribution in [0.2, 0.25) is 0 Å². The molecule has 0 N–H and O–H groups in total. The van der Waals surface area contributed by atoms with E-state index in [1.165, 1.54) is 159 Å². The fourth-order valence-electron chi connectivity index (χ4n) is 9.43. The maximum atomic E-state index is 13.4. The van der Waals surface area contributed by atoms with Crippen LogP contribution in [0.1, 0.15) is 172 Å². The van der Waals surface area contributed by atoms with Crippen molar-refractivity contribution in [3.8, 4) is 0 Å². The van der Waals surface area contributed by atoms with Crippen LogP contribution in [-0.2, 0) is 18.9 Å². The Morgan fingerprint density at radius 3 is 1.11 bits per heavy atom. The molecule has 0 atom stereocenters. The molecule has 2 saturated heterocycles. The van der Waals surface area contributed by atoms with Crippen LogP contribution in [0.25, 0.3) is 0 Å². The average molecular weight is 775 g/mol. The first-order valence-corrected chi connectivity index (χ1v) is 22.2. The standard InChI is InChI=1S/C24H36F2O2.C23H34F2O2/c1-2-3-4-5-6-7-8-18-9-11-19(12-10-18)21-16-27-24(28-17-21)20-13-14-22(25)23(26)15-20;1-2-3-4-5-6-7-17-8-10-18(11-9-17)20-15-26-23(27-16-20)19-12-13-21(24)22(25)14-19/h13-15,18-19,21,24H,2-12,16-17H2,1H3;12-14,17-18,20,23H,2-11,15-16H2,1H3. The molecular weight excluding hydrogens is 705 g/mol. The highest BCUT2D eigenvalue weighted by Gasteiger charge is 2.34. The van der Waals surface area contributed by atoms with Gasteiger partial charge >= 0.3 is 0 Å².